The fourth-order valence-corrected chi connectivity index (χ4v) is 1.82. The molecule has 2 heterocycles. The van der Waals surface area contributed by atoms with Crippen molar-refractivity contribution in [3.05, 3.63) is 42.4 Å². The minimum absolute atomic E-state index is 0.426. The SMILES string of the molecule is Cc1ccc(-c2ccc(N(C)C(=O)OC(C)(C)C)nc2)cn1. The van der Waals surface area contributed by atoms with Crippen LogP contribution in [0.1, 0.15) is 26.5 Å². The van der Waals surface area contributed by atoms with Crippen molar-refractivity contribution < 1.29 is 9.53 Å². The van der Waals surface area contributed by atoms with Crippen LogP contribution in [0.25, 0.3) is 11.1 Å². The van der Waals surface area contributed by atoms with Gasteiger partial charge >= 0.3 is 6.09 Å². The lowest BCUT2D eigenvalue weighted by molar-refractivity contribution is 0.0588. The molecule has 0 saturated heterocycles. The van der Waals surface area contributed by atoms with Crippen molar-refractivity contribution in [1.82, 2.24) is 9.97 Å². The molecule has 0 saturated carbocycles. The van der Waals surface area contributed by atoms with Gasteiger partial charge < -0.3 is 4.74 Å². The number of anilines is 1. The molecule has 2 aromatic rings. The fourth-order valence-electron chi connectivity index (χ4n) is 1.82. The molecular weight excluding hydrogens is 278 g/mol. The summed E-state index contributed by atoms with van der Waals surface area (Å²) >= 11 is 0. The second-order valence-corrected chi connectivity index (χ2v) is 6.13. The molecule has 0 bridgehead atoms. The van der Waals surface area contributed by atoms with Crippen LogP contribution in [0.15, 0.2) is 36.7 Å². The molecule has 0 fully saturated rings. The molecule has 22 heavy (non-hydrogen) atoms. The highest BCUT2D eigenvalue weighted by molar-refractivity contribution is 5.86. The first-order valence-corrected chi connectivity index (χ1v) is 7.12. The second kappa shape index (κ2) is 6.13. The van der Waals surface area contributed by atoms with Gasteiger partial charge in [0.2, 0.25) is 0 Å². The van der Waals surface area contributed by atoms with Crippen molar-refractivity contribution in [2.45, 2.75) is 33.3 Å². The van der Waals surface area contributed by atoms with E-state index in [0.717, 1.165) is 16.8 Å². The summed E-state index contributed by atoms with van der Waals surface area (Å²) in [6.07, 6.45) is 3.11. The molecule has 5 heteroatoms. The Morgan fingerprint density at radius 2 is 1.64 bits per heavy atom. The molecule has 0 aliphatic rings. The molecule has 1 amide bonds. The van der Waals surface area contributed by atoms with Gasteiger partial charge in [0, 0.05) is 36.3 Å². The Balaban J connectivity index is 2.14. The summed E-state index contributed by atoms with van der Waals surface area (Å²) in [5, 5.41) is 0. The number of aryl methyl sites for hydroxylation is 1. The average molecular weight is 299 g/mol. The number of amides is 1. The van der Waals surface area contributed by atoms with Crippen LogP contribution in [0.2, 0.25) is 0 Å². The molecule has 0 spiro atoms. The first-order chi connectivity index (χ1) is 10.3. The smallest absolute Gasteiger partial charge is 0.415 e. The lowest BCUT2D eigenvalue weighted by Crippen LogP contribution is -2.34. The Labute approximate surface area is 131 Å². The van der Waals surface area contributed by atoms with Crippen molar-refractivity contribution in [1.29, 1.82) is 0 Å². The van der Waals surface area contributed by atoms with Gasteiger partial charge in [0.25, 0.3) is 0 Å². The molecule has 0 aliphatic carbocycles. The predicted molar refractivity (Wildman–Crippen MR) is 86.8 cm³/mol. The number of hydrogen-bond acceptors (Lipinski definition) is 4. The van der Waals surface area contributed by atoms with Gasteiger partial charge in [-0.3, -0.25) is 9.88 Å². The van der Waals surface area contributed by atoms with E-state index in [1.165, 1.54) is 4.90 Å². The van der Waals surface area contributed by atoms with Crippen LogP contribution >= 0.6 is 0 Å². The van der Waals surface area contributed by atoms with Gasteiger partial charge in [-0.05, 0) is 45.9 Å². The first-order valence-electron chi connectivity index (χ1n) is 7.12. The number of ether oxygens (including phenoxy) is 1. The molecule has 5 nitrogen and oxygen atoms in total. The van der Waals surface area contributed by atoms with Crippen LogP contribution in [0, 0.1) is 6.92 Å². The minimum atomic E-state index is -0.529. The Kier molecular flexibility index (Phi) is 4.45. The summed E-state index contributed by atoms with van der Waals surface area (Å²) in [4.78, 5) is 22.0. The fraction of sp³-hybridized carbons (Fsp3) is 0.353. The van der Waals surface area contributed by atoms with Crippen molar-refractivity contribution >= 4 is 11.9 Å². The van der Waals surface area contributed by atoms with Crippen LogP contribution < -0.4 is 4.90 Å². The van der Waals surface area contributed by atoms with E-state index in [9.17, 15) is 4.79 Å². The predicted octanol–water partition coefficient (Wildman–Crippen LogP) is 3.82. The number of nitrogens with zero attached hydrogens (tertiary/aromatic N) is 3. The van der Waals surface area contributed by atoms with Gasteiger partial charge in [-0.25, -0.2) is 9.78 Å². The number of aromatic nitrogens is 2. The highest BCUT2D eigenvalue weighted by Crippen LogP contribution is 2.21. The van der Waals surface area contributed by atoms with Gasteiger partial charge in [0.1, 0.15) is 11.4 Å². The zero-order valence-electron chi connectivity index (χ0n) is 13.6. The van der Waals surface area contributed by atoms with Crippen LogP contribution in [-0.2, 0) is 4.74 Å². The number of hydrogen-bond donors (Lipinski definition) is 0. The van der Waals surface area contributed by atoms with E-state index in [2.05, 4.69) is 9.97 Å². The first kappa shape index (κ1) is 15.9. The monoisotopic (exact) mass is 299 g/mol. The number of rotatable bonds is 2. The average Bonchev–Trinajstić information content (AvgIpc) is 2.46. The zero-order valence-corrected chi connectivity index (χ0v) is 13.6. The van der Waals surface area contributed by atoms with E-state index in [-0.39, 0.29) is 0 Å². The van der Waals surface area contributed by atoms with E-state index >= 15 is 0 Å². The quantitative estimate of drug-likeness (QED) is 0.846. The summed E-state index contributed by atoms with van der Waals surface area (Å²) in [6, 6.07) is 7.65. The Morgan fingerprint density at radius 1 is 1.05 bits per heavy atom. The molecule has 116 valence electrons. The van der Waals surface area contributed by atoms with Crippen molar-refractivity contribution in [2.75, 3.05) is 11.9 Å². The van der Waals surface area contributed by atoms with Gasteiger partial charge in [-0.15, -0.1) is 0 Å². The normalized spacial score (nSPS) is 11.1. The summed E-state index contributed by atoms with van der Waals surface area (Å²) in [5.41, 5.74) is 2.38. The molecule has 0 aromatic carbocycles. The third-order valence-corrected chi connectivity index (χ3v) is 3.00. The summed E-state index contributed by atoms with van der Waals surface area (Å²) in [6.45, 7) is 7.44. The lowest BCUT2D eigenvalue weighted by atomic mass is 10.1. The maximum Gasteiger partial charge on any atom is 0.415 e. The highest BCUT2D eigenvalue weighted by atomic mass is 16.6. The second-order valence-electron chi connectivity index (χ2n) is 6.13. The van der Waals surface area contributed by atoms with E-state index in [4.69, 9.17) is 4.74 Å². The third kappa shape index (κ3) is 4.04. The van der Waals surface area contributed by atoms with E-state index in [1.54, 1.807) is 19.3 Å². The zero-order chi connectivity index (χ0) is 16.3. The van der Waals surface area contributed by atoms with Crippen molar-refractivity contribution in [3.8, 4) is 11.1 Å². The molecule has 0 atom stereocenters. The molecule has 0 aliphatic heterocycles. The van der Waals surface area contributed by atoms with E-state index in [0.29, 0.717) is 5.82 Å². The van der Waals surface area contributed by atoms with Gasteiger partial charge in [-0.1, -0.05) is 6.07 Å². The van der Waals surface area contributed by atoms with Crippen molar-refractivity contribution in [2.24, 2.45) is 0 Å². The Hall–Kier alpha value is -2.43. The molecule has 2 aromatic heterocycles. The third-order valence-electron chi connectivity index (χ3n) is 3.00. The Bertz CT molecular complexity index is 643. The van der Waals surface area contributed by atoms with E-state index in [1.807, 2.05) is 52.1 Å². The van der Waals surface area contributed by atoms with Gasteiger partial charge in [0.15, 0.2) is 0 Å². The molecule has 2 rings (SSSR count). The standard InChI is InChI=1S/C17H21N3O2/c1-12-6-7-13(10-18-12)14-8-9-15(19-11-14)20(5)16(21)22-17(2,3)4/h6-11H,1-5H3. The topological polar surface area (TPSA) is 55.3 Å². The van der Waals surface area contributed by atoms with Crippen LogP contribution in [0.5, 0.6) is 0 Å². The minimum Gasteiger partial charge on any atom is -0.443 e. The van der Waals surface area contributed by atoms with E-state index < -0.39 is 11.7 Å². The molecule has 0 N–H and O–H groups in total. The molecular formula is C17H21N3O2. The number of carbonyl (C=O) groups is 1. The maximum atomic E-state index is 12.0. The molecule has 0 radical (unpaired) electrons. The van der Waals surface area contributed by atoms with Crippen LogP contribution in [-0.4, -0.2) is 28.7 Å². The maximum absolute atomic E-state index is 12.0. The lowest BCUT2D eigenvalue weighted by Gasteiger charge is -2.24. The number of carbonyl (C=O) groups excluding carboxylic acids is 1. The number of pyridine rings is 2. The highest BCUT2D eigenvalue weighted by Gasteiger charge is 2.21. The largest absolute Gasteiger partial charge is 0.443 e. The Morgan fingerprint density at radius 3 is 2.09 bits per heavy atom. The summed E-state index contributed by atoms with van der Waals surface area (Å²) in [7, 11) is 1.64. The van der Waals surface area contributed by atoms with Gasteiger partial charge in [0.05, 0.1) is 0 Å². The molecule has 0 unspecified atom stereocenters. The van der Waals surface area contributed by atoms with Crippen LogP contribution in [0.4, 0.5) is 10.6 Å². The van der Waals surface area contributed by atoms with Crippen molar-refractivity contribution in [3.63, 3.8) is 0 Å². The van der Waals surface area contributed by atoms with Gasteiger partial charge in [-0.2, -0.15) is 0 Å². The summed E-state index contributed by atoms with van der Waals surface area (Å²) in [5.74, 6) is 0.540. The van der Waals surface area contributed by atoms with Crippen LogP contribution in [0.3, 0.4) is 0 Å². The summed E-state index contributed by atoms with van der Waals surface area (Å²) < 4.78 is 5.32.